The van der Waals surface area contributed by atoms with E-state index in [1.54, 1.807) is 39.2 Å². The summed E-state index contributed by atoms with van der Waals surface area (Å²) in [7, 11) is 0. The predicted octanol–water partition coefficient (Wildman–Crippen LogP) is 4.02. The second-order valence-electron chi connectivity index (χ2n) is 7.31. The van der Waals surface area contributed by atoms with Crippen molar-refractivity contribution in [2.24, 2.45) is 0 Å². The number of nitrogens with zero attached hydrogens (tertiary/aromatic N) is 2. The van der Waals surface area contributed by atoms with Gasteiger partial charge in [0.1, 0.15) is 11.3 Å². The summed E-state index contributed by atoms with van der Waals surface area (Å²) in [5.74, 6) is -1.09. The predicted molar refractivity (Wildman–Crippen MR) is 105 cm³/mol. The molecule has 0 radical (unpaired) electrons. The average Bonchev–Trinajstić information content (AvgIpc) is 2.64. The van der Waals surface area contributed by atoms with E-state index < -0.39 is 17.7 Å². The SMILES string of the molecule is CC(C)(C)OC(=O)NCc1cccc(-c2nc(C(=O)O)cc3ccncc23)c1. The quantitative estimate of drug-likeness (QED) is 0.710. The molecule has 28 heavy (non-hydrogen) atoms. The highest BCUT2D eigenvalue weighted by atomic mass is 16.6. The molecular weight excluding hydrogens is 358 g/mol. The summed E-state index contributed by atoms with van der Waals surface area (Å²) < 4.78 is 5.24. The Labute approximate surface area is 162 Å². The van der Waals surface area contributed by atoms with E-state index in [1.807, 2.05) is 24.3 Å². The van der Waals surface area contributed by atoms with Crippen LogP contribution in [-0.2, 0) is 11.3 Å². The molecule has 2 N–H and O–H groups in total. The summed E-state index contributed by atoms with van der Waals surface area (Å²) in [6.45, 7) is 5.67. The Hall–Kier alpha value is -3.48. The van der Waals surface area contributed by atoms with Crippen molar-refractivity contribution < 1.29 is 19.4 Å². The highest BCUT2D eigenvalue weighted by Crippen LogP contribution is 2.27. The topological polar surface area (TPSA) is 101 Å². The van der Waals surface area contributed by atoms with Gasteiger partial charge in [-0.05, 0) is 49.9 Å². The maximum Gasteiger partial charge on any atom is 0.407 e. The van der Waals surface area contributed by atoms with Crippen molar-refractivity contribution in [2.45, 2.75) is 32.9 Å². The molecule has 0 saturated heterocycles. The third-order valence-corrected chi connectivity index (χ3v) is 3.89. The van der Waals surface area contributed by atoms with E-state index in [9.17, 15) is 14.7 Å². The number of nitrogens with one attached hydrogen (secondary N) is 1. The van der Waals surface area contributed by atoms with Crippen LogP contribution in [0.5, 0.6) is 0 Å². The van der Waals surface area contributed by atoms with Crippen molar-refractivity contribution in [1.29, 1.82) is 0 Å². The molecule has 2 heterocycles. The number of benzene rings is 1. The van der Waals surface area contributed by atoms with Gasteiger partial charge in [0, 0.05) is 29.9 Å². The molecule has 0 atom stereocenters. The van der Waals surface area contributed by atoms with Gasteiger partial charge in [-0.25, -0.2) is 14.6 Å². The first-order chi connectivity index (χ1) is 13.2. The van der Waals surface area contributed by atoms with Crippen molar-refractivity contribution in [3.8, 4) is 11.3 Å². The van der Waals surface area contributed by atoms with Crippen LogP contribution in [0.15, 0.2) is 48.8 Å². The van der Waals surface area contributed by atoms with Crippen molar-refractivity contribution >= 4 is 22.8 Å². The molecule has 3 rings (SSSR count). The zero-order valence-electron chi connectivity index (χ0n) is 15.9. The van der Waals surface area contributed by atoms with Gasteiger partial charge in [0.25, 0.3) is 0 Å². The number of alkyl carbamates (subject to hydrolysis) is 1. The largest absolute Gasteiger partial charge is 0.477 e. The summed E-state index contributed by atoms with van der Waals surface area (Å²) in [5, 5.41) is 13.6. The van der Waals surface area contributed by atoms with Crippen LogP contribution in [0.25, 0.3) is 22.0 Å². The van der Waals surface area contributed by atoms with Gasteiger partial charge in [-0.15, -0.1) is 0 Å². The fourth-order valence-corrected chi connectivity index (χ4v) is 2.74. The molecule has 0 bridgehead atoms. The molecule has 7 nitrogen and oxygen atoms in total. The third kappa shape index (κ3) is 4.62. The number of aromatic nitrogens is 2. The first-order valence-electron chi connectivity index (χ1n) is 8.77. The highest BCUT2D eigenvalue weighted by Gasteiger charge is 2.16. The molecule has 3 aromatic rings. The van der Waals surface area contributed by atoms with Gasteiger partial charge in [-0.1, -0.05) is 18.2 Å². The van der Waals surface area contributed by atoms with Gasteiger partial charge < -0.3 is 15.2 Å². The number of fused-ring (bicyclic) bond motifs is 1. The van der Waals surface area contributed by atoms with Gasteiger partial charge in [-0.3, -0.25) is 4.98 Å². The Morgan fingerprint density at radius 1 is 1.18 bits per heavy atom. The second-order valence-corrected chi connectivity index (χ2v) is 7.31. The van der Waals surface area contributed by atoms with Gasteiger partial charge >= 0.3 is 12.1 Å². The minimum Gasteiger partial charge on any atom is -0.477 e. The number of hydrogen-bond donors (Lipinski definition) is 2. The Balaban J connectivity index is 1.92. The molecule has 1 aromatic carbocycles. The number of carboxylic acids is 1. The fraction of sp³-hybridized carbons (Fsp3) is 0.238. The molecule has 2 aromatic heterocycles. The highest BCUT2D eigenvalue weighted by molar-refractivity contribution is 5.99. The molecule has 0 aliphatic carbocycles. The smallest absolute Gasteiger partial charge is 0.407 e. The third-order valence-electron chi connectivity index (χ3n) is 3.89. The zero-order valence-corrected chi connectivity index (χ0v) is 15.9. The molecule has 0 unspecified atom stereocenters. The number of hydrogen-bond acceptors (Lipinski definition) is 5. The van der Waals surface area contributed by atoms with E-state index in [-0.39, 0.29) is 12.2 Å². The summed E-state index contributed by atoms with van der Waals surface area (Å²) >= 11 is 0. The van der Waals surface area contributed by atoms with Crippen LogP contribution < -0.4 is 5.32 Å². The van der Waals surface area contributed by atoms with Gasteiger partial charge in [0.2, 0.25) is 0 Å². The molecule has 144 valence electrons. The van der Waals surface area contributed by atoms with E-state index in [4.69, 9.17) is 4.74 Å². The lowest BCUT2D eigenvalue weighted by Gasteiger charge is -2.19. The molecule has 7 heteroatoms. The summed E-state index contributed by atoms with van der Waals surface area (Å²) in [6.07, 6.45) is 2.77. The summed E-state index contributed by atoms with van der Waals surface area (Å²) in [6, 6.07) is 10.7. The molecule has 0 fully saturated rings. The number of pyridine rings is 2. The van der Waals surface area contributed by atoms with Crippen LogP contribution in [0.3, 0.4) is 0 Å². The van der Waals surface area contributed by atoms with Crippen LogP contribution in [0.2, 0.25) is 0 Å². The number of ether oxygens (including phenoxy) is 1. The Kier molecular flexibility index (Phi) is 5.26. The van der Waals surface area contributed by atoms with Crippen LogP contribution in [0.1, 0.15) is 36.8 Å². The first kappa shape index (κ1) is 19.3. The Bertz CT molecular complexity index is 1040. The van der Waals surface area contributed by atoms with E-state index in [0.29, 0.717) is 5.69 Å². The van der Waals surface area contributed by atoms with E-state index in [2.05, 4.69) is 15.3 Å². The number of carbonyl (C=O) groups excluding carboxylic acids is 1. The van der Waals surface area contributed by atoms with Crippen LogP contribution >= 0.6 is 0 Å². The summed E-state index contributed by atoms with van der Waals surface area (Å²) in [4.78, 5) is 31.7. The number of amides is 1. The van der Waals surface area contributed by atoms with Crippen LogP contribution in [-0.4, -0.2) is 32.7 Å². The first-order valence-corrected chi connectivity index (χ1v) is 8.77. The Morgan fingerprint density at radius 2 is 1.96 bits per heavy atom. The normalized spacial score (nSPS) is 11.2. The van der Waals surface area contributed by atoms with Gasteiger partial charge in [0.15, 0.2) is 0 Å². The van der Waals surface area contributed by atoms with E-state index in [1.165, 1.54) is 6.07 Å². The van der Waals surface area contributed by atoms with Crippen molar-refractivity contribution in [1.82, 2.24) is 15.3 Å². The zero-order chi connectivity index (χ0) is 20.3. The van der Waals surface area contributed by atoms with Crippen molar-refractivity contribution in [3.63, 3.8) is 0 Å². The lowest BCUT2D eigenvalue weighted by molar-refractivity contribution is 0.0523. The number of aromatic carboxylic acids is 1. The average molecular weight is 379 g/mol. The number of carbonyl (C=O) groups is 2. The molecule has 0 aliphatic heterocycles. The van der Waals surface area contributed by atoms with E-state index in [0.717, 1.165) is 21.9 Å². The molecule has 0 spiro atoms. The van der Waals surface area contributed by atoms with Gasteiger partial charge in [0.05, 0.1) is 5.69 Å². The number of rotatable bonds is 4. The minimum atomic E-state index is -1.09. The van der Waals surface area contributed by atoms with E-state index >= 15 is 0 Å². The lowest BCUT2D eigenvalue weighted by Crippen LogP contribution is -2.32. The molecule has 0 aliphatic rings. The second kappa shape index (κ2) is 7.64. The van der Waals surface area contributed by atoms with Crippen molar-refractivity contribution in [2.75, 3.05) is 0 Å². The van der Waals surface area contributed by atoms with Crippen LogP contribution in [0.4, 0.5) is 4.79 Å². The lowest BCUT2D eigenvalue weighted by atomic mass is 10.0. The molecule has 0 saturated carbocycles. The minimum absolute atomic E-state index is 0.0361. The molecule has 1 amide bonds. The Morgan fingerprint density at radius 3 is 2.68 bits per heavy atom. The maximum absolute atomic E-state index is 11.9. The standard InChI is InChI=1S/C21H21N3O4/c1-21(2,3)28-20(27)23-11-13-5-4-6-15(9-13)18-16-12-22-8-7-14(16)10-17(24-18)19(25)26/h4-10,12H,11H2,1-3H3,(H,23,27)(H,25,26). The molecular formula is C21H21N3O4. The van der Waals surface area contributed by atoms with Crippen LogP contribution in [0, 0.1) is 0 Å². The van der Waals surface area contributed by atoms with Crippen molar-refractivity contribution in [3.05, 3.63) is 60.0 Å². The monoisotopic (exact) mass is 379 g/mol. The van der Waals surface area contributed by atoms with Gasteiger partial charge in [-0.2, -0.15) is 0 Å². The fourth-order valence-electron chi connectivity index (χ4n) is 2.74. The summed E-state index contributed by atoms with van der Waals surface area (Å²) in [5.41, 5.74) is 1.50. The number of carboxylic acid groups (broad SMARTS) is 1. The maximum atomic E-state index is 11.9.